The first kappa shape index (κ1) is 33.0. The lowest BCUT2D eigenvalue weighted by Gasteiger charge is -2.18. The van der Waals surface area contributed by atoms with Crippen molar-refractivity contribution in [3.05, 3.63) is 82.5 Å². The standard InChI is InChI=1S/C18H19F2NO.C9H10N2O3.C3H8/c1-11-5-4-6-12(2)17(11)13-9-14(16(21-3)7-8-22)18(20)15(19)10-13;1-14-9-7(3-2-4-11-9)8(13)10-5-6-12;1-3-2/h4-6,8-10,16,21H,7H2,1-3H3;2-4,6H,5H2,1H3,(H,10,13);3H2,1-2H3. The van der Waals surface area contributed by atoms with Gasteiger partial charge >= 0.3 is 0 Å². The molecule has 7 nitrogen and oxygen atoms in total. The maximum Gasteiger partial charge on any atom is 0.257 e. The van der Waals surface area contributed by atoms with E-state index in [-0.39, 0.29) is 30.3 Å². The van der Waals surface area contributed by atoms with Gasteiger partial charge in [-0.3, -0.25) is 4.79 Å². The summed E-state index contributed by atoms with van der Waals surface area (Å²) in [5, 5.41) is 5.25. The maximum atomic E-state index is 14.1. The minimum Gasteiger partial charge on any atom is -0.480 e. The fourth-order valence-corrected chi connectivity index (χ4v) is 3.73. The van der Waals surface area contributed by atoms with Crippen LogP contribution in [-0.4, -0.2) is 44.2 Å². The molecule has 0 fully saturated rings. The monoisotopic (exact) mass is 541 g/mol. The number of nitrogens with zero attached hydrogens (tertiary/aromatic N) is 1. The number of methoxy groups -OCH3 is 1. The Hall–Kier alpha value is -3.98. The van der Waals surface area contributed by atoms with E-state index in [9.17, 15) is 23.2 Å². The molecule has 1 atom stereocenters. The van der Waals surface area contributed by atoms with Gasteiger partial charge in [-0.25, -0.2) is 13.8 Å². The quantitative estimate of drug-likeness (QED) is 0.346. The van der Waals surface area contributed by atoms with Crippen LogP contribution in [0.25, 0.3) is 11.1 Å². The van der Waals surface area contributed by atoms with Crippen LogP contribution < -0.4 is 15.4 Å². The molecule has 1 aromatic heterocycles. The van der Waals surface area contributed by atoms with Gasteiger partial charge in [-0.2, -0.15) is 0 Å². The number of aromatic nitrogens is 1. The minimum atomic E-state index is -0.906. The van der Waals surface area contributed by atoms with E-state index in [4.69, 9.17) is 4.74 Å². The molecule has 3 rings (SSSR count). The first-order chi connectivity index (χ1) is 18.7. The van der Waals surface area contributed by atoms with Gasteiger partial charge in [-0.15, -0.1) is 0 Å². The van der Waals surface area contributed by atoms with Crippen molar-refractivity contribution in [3.8, 4) is 17.0 Å². The molecule has 0 spiro atoms. The van der Waals surface area contributed by atoms with Crippen molar-refractivity contribution in [2.45, 2.75) is 46.6 Å². The van der Waals surface area contributed by atoms with Crippen molar-refractivity contribution in [1.82, 2.24) is 15.6 Å². The highest BCUT2D eigenvalue weighted by Gasteiger charge is 2.20. The third-order valence-corrected chi connectivity index (χ3v) is 5.44. The molecule has 0 aliphatic rings. The number of hydrogen-bond donors (Lipinski definition) is 2. The molecular weight excluding hydrogens is 504 g/mol. The highest BCUT2D eigenvalue weighted by molar-refractivity contribution is 5.97. The van der Waals surface area contributed by atoms with E-state index in [0.717, 1.165) is 16.7 Å². The van der Waals surface area contributed by atoms with Crippen LogP contribution in [0.5, 0.6) is 5.88 Å². The average Bonchev–Trinajstić information content (AvgIpc) is 2.93. The van der Waals surface area contributed by atoms with Gasteiger partial charge in [0.2, 0.25) is 5.88 Å². The molecule has 9 heteroatoms. The van der Waals surface area contributed by atoms with Gasteiger partial charge in [0, 0.05) is 24.2 Å². The molecule has 1 unspecified atom stereocenters. The van der Waals surface area contributed by atoms with Gasteiger partial charge in [-0.05, 0) is 67.4 Å². The Balaban J connectivity index is 0.000000384. The molecule has 2 N–H and O–H groups in total. The molecule has 0 bridgehead atoms. The van der Waals surface area contributed by atoms with Crippen LogP contribution in [0.2, 0.25) is 0 Å². The summed E-state index contributed by atoms with van der Waals surface area (Å²) in [6.45, 7) is 8.10. The van der Waals surface area contributed by atoms with Crippen molar-refractivity contribution in [2.24, 2.45) is 0 Å². The van der Waals surface area contributed by atoms with Crippen LogP contribution in [0.3, 0.4) is 0 Å². The Morgan fingerprint density at radius 3 is 2.23 bits per heavy atom. The third kappa shape index (κ3) is 9.68. The largest absolute Gasteiger partial charge is 0.480 e. The Kier molecular flexibility index (Phi) is 14.8. The number of pyridine rings is 1. The van der Waals surface area contributed by atoms with Crippen molar-refractivity contribution in [3.63, 3.8) is 0 Å². The summed E-state index contributed by atoms with van der Waals surface area (Å²) in [5.74, 6) is -1.93. The lowest BCUT2D eigenvalue weighted by atomic mass is 9.92. The Labute approximate surface area is 229 Å². The second-order valence-electron chi connectivity index (χ2n) is 8.52. The molecule has 39 heavy (non-hydrogen) atoms. The van der Waals surface area contributed by atoms with Gasteiger partial charge in [0.1, 0.15) is 18.1 Å². The van der Waals surface area contributed by atoms with Crippen LogP contribution in [0.4, 0.5) is 8.78 Å². The number of ether oxygens (including phenoxy) is 1. The first-order valence-electron chi connectivity index (χ1n) is 12.6. The molecule has 3 aromatic rings. The van der Waals surface area contributed by atoms with Gasteiger partial charge in [-0.1, -0.05) is 38.5 Å². The van der Waals surface area contributed by atoms with Crippen LogP contribution in [0.15, 0.2) is 48.7 Å². The lowest BCUT2D eigenvalue weighted by Crippen LogP contribution is -2.25. The summed E-state index contributed by atoms with van der Waals surface area (Å²) in [7, 11) is 3.05. The second-order valence-corrected chi connectivity index (χ2v) is 8.52. The summed E-state index contributed by atoms with van der Waals surface area (Å²) in [6.07, 6.45) is 4.17. The van der Waals surface area contributed by atoms with E-state index in [0.29, 0.717) is 23.7 Å². The average molecular weight is 542 g/mol. The number of benzene rings is 2. The zero-order chi connectivity index (χ0) is 29.4. The van der Waals surface area contributed by atoms with Crippen LogP contribution in [-0.2, 0) is 9.59 Å². The van der Waals surface area contributed by atoms with Crippen LogP contribution in [0.1, 0.15) is 59.8 Å². The van der Waals surface area contributed by atoms with E-state index in [1.165, 1.54) is 25.8 Å². The number of aldehydes is 2. The summed E-state index contributed by atoms with van der Waals surface area (Å²) < 4.78 is 33.0. The summed E-state index contributed by atoms with van der Waals surface area (Å²) in [5.41, 5.74) is 3.99. The van der Waals surface area contributed by atoms with Crippen molar-refractivity contribution < 1.29 is 27.9 Å². The van der Waals surface area contributed by atoms with Crippen molar-refractivity contribution in [2.75, 3.05) is 20.7 Å². The minimum absolute atomic E-state index is 0.0170. The molecular formula is C30H37F2N3O4. The maximum absolute atomic E-state index is 14.1. The number of hydrogen-bond acceptors (Lipinski definition) is 6. The van der Waals surface area contributed by atoms with E-state index >= 15 is 0 Å². The zero-order valence-electron chi connectivity index (χ0n) is 23.3. The van der Waals surface area contributed by atoms with Gasteiger partial charge in [0.15, 0.2) is 11.6 Å². The topological polar surface area (TPSA) is 97.4 Å². The number of halogens is 2. The number of carbonyl (C=O) groups excluding carboxylic acids is 3. The molecule has 0 radical (unpaired) electrons. The Bertz CT molecular complexity index is 1210. The van der Waals surface area contributed by atoms with Crippen LogP contribution >= 0.6 is 0 Å². The summed E-state index contributed by atoms with van der Waals surface area (Å²) in [6, 6.07) is 11.3. The second kappa shape index (κ2) is 17.5. The predicted octanol–water partition coefficient (Wildman–Crippen LogP) is 5.53. The van der Waals surface area contributed by atoms with Crippen molar-refractivity contribution in [1.29, 1.82) is 0 Å². The fourth-order valence-electron chi connectivity index (χ4n) is 3.73. The van der Waals surface area contributed by atoms with Crippen molar-refractivity contribution >= 4 is 18.5 Å². The van der Waals surface area contributed by atoms with Crippen LogP contribution in [0, 0.1) is 25.5 Å². The predicted molar refractivity (Wildman–Crippen MR) is 149 cm³/mol. The summed E-state index contributed by atoms with van der Waals surface area (Å²) in [4.78, 5) is 36.0. The normalized spacial score (nSPS) is 10.7. The molecule has 0 aliphatic heterocycles. The van der Waals surface area contributed by atoms with Gasteiger partial charge < -0.3 is 25.0 Å². The van der Waals surface area contributed by atoms with E-state index < -0.39 is 17.7 Å². The Morgan fingerprint density at radius 2 is 1.69 bits per heavy atom. The highest BCUT2D eigenvalue weighted by atomic mass is 19.2. The first-order valence-corrected chi connectivity index (χ1v) is 12.6. The number of amides is 1. The molecule has 2 aromatic carbocycles. The summed E-state index contributed by atoms with van der Waals surface area (Å²) >= 11 is 0. The van der Waals surface area contributed by atoms with Gasteiger partial charge in [0.25, 0.3) is 5.91 Å². The number of aryl methyl sites for hydroxylation is 2. The molecule has 210 valence electrons. The lowest BCUT2D eigenvalue weighted by molar-refractivity contribution is -0.108. The molecule has 0 aliphatic carbocycles. The van der Waals surface area contributed by atoms with Gasteiger partial charge in [0.05, 0.1) is 13.7 Å². The highest BCUT2D eigenvalue weighted by Crippen LogP contribution is 2.32. The molecule has 1 heterocycles. The van der Waals surface area contributed by atoms with E-state index in [1.807, 2.05) is 32.0 Å². The SMILES string of the molecule is CCC.CNC(CC=O)c1cc(-c2c(C)cccc2C)cc(F)c1F.COc1ncccc1C(=O)NCC=O. The number of rotatable bonds is 9. The smallest absolute Gasteiger partial charge is 0.257 e. The number of carbonyl (C=O) groups is 3. The number of nitrogens with one attached hydrogen (secondary N) is 2. The molecule has 1 amide bonds. The fraction of sp³-hybridized carbons (Fsp3) is 0.333. The van der Waals surface area contributed by atoms with E-state index in [2.05, 4.69) is 29.5 Å². The third-order valence-electron chi connectivity index (χ3n) is 5.44. The van der Waals surface area contributed by atoms with E-state index in [1.54, 1.807) is 25.2 Å². The molecule has 0 saturated carbocycles. The Morgan fingerprint density at radius 1 is 1.05 bits per heavy atom. The zero-order valence-corrected chi connectivity index (χ0v) is 23.3. The molecule has 0 saturated heterocycles.